The molecule has 0 saturated heterocycles. The zero-order chi connectivity index (χ0) is 18.5. The van der Waals surface area contributed by atoms with Gasteiger partial charge in [0.15, 0.2) is 17.3 Å². The maximum Gasteiger partial charge on any atom is 0.288 e. The summed E-state index contributed by atoms with van der Waals surface area (Å²) in [7, 11) is 4.61. The topological polar surface area (TPSA) is 81.2 Å². The van der Waals surface area contributed by atoms with Gasteiger partial charge in [-0.15, -0.1) is 0 Å². The number of hydrogen-bond acceptors (Lipinski definition) is 6. The second kappa shape index (κ2) is 7.60. The number of carbonyl (C=O) groups is 1. The van der Waals surface area contributed by atoms with Gasteiger partial charge in [0.1, 0.15) is 5.70 Å². The average Bonchev–Trinajstić information content (AvgIpc) is 2.69. The Kier molecular flexibility index (Phi) is 5.07. The summed E-state index contributed by atoms with van der Waals surface area (Å²) in [6, 6.07) is 13.0. The number of amidine groups is 1. The maximum atomic E-state index is 12.2. The van der Waals surface area contributed by atoms with Crippen LogP contribution in [0.15, 0.2) is 53.2 Å². The summed E-state index contributed by atoms with van der Waals surface area (Å²) in [4.78, 5) is 16.6. The zero-order valence-corrected chi connectivity index (χ0v) is 14.7. The van der Waals surface area contributed by atoms with Gasteiger partial charge in [-0.3, -0.25) is 15.6 Å². The summed E-state index contributed by atoms with van der Waals surface area (Å²) in [6.07, 6.45) is 1.66. The molecule has 7 heteroatoms. The molecule has 134 valence electrons. The van der Waals surface area contributed by atoms with E-state index in [0.29, 0.717) is 28.6 Å². The minimum Gasteiger partial charge on any atom is -0.493 e. The Balaban J connectivity index is 2.04. The van der Waals surface area contributed by atoms with Crippen LogP contribution in [0.1, 0.15) is 11.1 Å². The molecule has 1 amide bonds. The zero-order valence-electron chi connectivity index (χ0n) is 14.7. The number of ether oxygens (including phenoxy) is 3. The number of rotatable bonds is 5. The fourth-order valence-corrected chi connectivity index (χ4v) is 2.55. The van der Waals surface area contributed by atoms with Crippen LogP contribution in [0, 0.1) is 0 Å². The Labute approximate surface area is 151 Å². The highest BCUT2D eigenvalue weighted by molar-refractivity contribution is 6.09. The van der Waals surface area contributed by atoms with Gasteiger partial charge in [0, 0.05) is 5.56 Å². The molecule has 7 nitrogen and oxygen atoms in total. The van der Waals surface area contributed by atoms with E-state index >= 15 is 0 Å². The molecule has 0 unspecified atom stereocenters. The first-order valence-electron chi connectivity index (χ1n) is 7.88. The van der Waals surface area contributed by atoms with Crippen molar-refractivity contribution < 1.29 is 19.0 Å². The van der Waals surface area contributed by atoms with E-state index in [1.54, 1.807) is 18.2 Å². The summed E-state index contributed by atoms with van der Waals surface area (Å²) >= 11 is 0. The van der Waals surface area contributed by atoms with Gasteiger partial charge in [0.2, 0.25) is 5.75 Å². The third-order valence-electron chi connectivity index (χ3n) is 3.80. The largest absolute Gasteiger partial charge is 0.493 e. The molecule has 0 aromatic heterocycles. The Morgan fingerprint density at radius 2 is 1.58 bits per heavy atom. The third kappa shape index (κ3) is 3.46. The van der Waals surface area contributed by atoms with Crippen molar-refractivity contribution in [2.45, 2.75) is 0 Å². The van der Waals surface area contributed by atoms with Crippen molar-refractivity contribution in [3.63, 3.8) is 0 Å². The number of methoxy groups -OCH3 is 3. The molecule has 0 saturated carbocycles. The number of amides is 1. The van der Waals surface area contributed by atoms with Crippen LogP contribution in [0.25, 0.3) is 6.08 Å². The first kappa shape index (κ1) is 17.3. The Hall–Kier alpha value is -3.48. The monoisotopic (exact) mass is 353 g/mol. The number of nitrogens with zero attached hydrogens (tertiary/aromatic N) is 1. The molecule has 2 N–H and O–H groups in total. The fraction of sp³-hybridized carbons (Fsp3) is 0.158. The van der Waals surface area contributed by atoms with Crippen molar-refractivity contribution >= 4 is 17.8 Å². The lowest BCUT2D eigenvalue weighted by atomic mass is 10.1. The van der Waals surface area contributed by atoms with Gasteiger partial charge in [0.25, 0.3) is 5.91 Å². The molecule has 3 rings (SSSR count). The molecule has 0 atom stereocenters. The average molecular weight is 353 g/mol. The number of hydrogen-bond donors (Lipinski definition) is 2. The van der Waals surface area contributed by atoms with E-state index in [-0.39, 0.29) is 11.6 Å². The number of nitrogens with one attached hydrogen (secondary N) is 2. The van der Waals surface area contributed by atoms with Gasteiger partial charge in [-0.1, -0.05) is 30.3 Å². The quantitative estimate of drug-likeness (QED) is 0.805. The normalized spacial score (nSPS) is 15.0. The predicted octanol–water partition coefficient (Wildman–Crippen LogP) is 2.13. The minimum atomic E-state index is -0.335. The van der Waals surface area contributed by atoms with Crippen LogP contribution in [0.4, 0.5) is 0 Å². The van der Waals surface area contributed by atoms with E-state index in [0.717, 1.165) is 5.56 Å². The molecule has 0 fully saturated rings. The summed E-state index contributed by atoms with van der Waals surface area (Å²) in [6.45, 7) is 0. The van der Waals surface area contributed by atoms with Gasteiger partial charge in [-0.05, 0) is 23.8 Å². The minimum absolute atomic E-state index is 0.261. The number of benzene rings is 2. The highest BCUT2D eigenvalue weighted by Gasteiger charge is 2.19. The Bertz CT molecular complexity index is 851. The molecule has 0 aliphatic carbocycles. The molecule has 0 radical (unpaired) electrons. The van der Waals surface area contributed by atoms with Crippen molar-refractivity contribution in [2.75, 3.05) is 21.3 Å². The third-order valence-corrected chi connectivity index (χ3v) is 3.80. The lowest BCUT2D eigenvalue weighted by Gasteiger charge is -2.18. The van der Waals surface area contributed by atoms with E-state index in [9.17, 15) is 4.79 Å². The Morgan fingerprint density at radius 1 is 0.923 bits per heavy atom. The van der Waals surface area contributed by atoms with Gasteiger partial charge >= 0.3 is 0 Å². The summed E-state index contributed by atoms with van der Waals surface area (Å²) in [5.74, 6) is 1.71. The van der Waals surface area contributed by atoms with Crippen molar-refractivity contribution in [3.05, 3.63) is 59.3 Å². The number of hydrazine groups is 1. The van der Waals surface area contributed by atoms with Gasteiger partial charge in [-0.2, -0.15) is 0 Å². The molecule has 0 spiro atoms. The van der Waals surface area contributed by atoms with Crippen molar-refractivity contribution in [1.29, 1.82) is 0 Å². The molecule has 1 heterocycles. The van der Waals surface area contributed by atoms with E-state index < -0.39 is 0 Å². The van der Waals surface area contributed by atoms with Crippen LogP contribution in [0.2, 0.25) is 0 Å². The summed E-state index contributed by atoms with van der Waals surface area (Å²) in [5.41, 5.74) is 7.23. The molecule has 1 aliphatic rings. The van der Waals surface area contributed by atoms with Gasteiger partial charge in [-0.25, -0.2) is 4.99 Å². The van der Waals surface area contributed by atoms with Crippen molar-refractivity contribution in [3.8, 4) is 17.2 Å². The van der Waals surface area contributed by atoms with Gasteiger partial charge < -0.3 is 14.2 Å². The first-order valence-corrected chi connectivity index (χ1v) is 7.88. The maximum absolute atomic E-state index is 12.2. The van der Waals surface area contributed by atoms with E-state index in [1.165, 1.54) is 21.3 Å². The molecule has 0 bridgehead atoms. The SMILES string of the molecule is COc1cc(/C=C2\N=C(c3ccccc3)NNC2=O)cc(OC)c1OC. The number of carbonyl (C=O) groups excluding carboxylic acids is 1. The van der Waals surface area contributed by atoms with Crippen LogP contribution in [-0.4, -0.2) is 33.1 Å². The van der Waals surface area contributed by atoms with Crippen molar-refractivity contribution in [2.24, 2.45) is 4.99 Å². The molecular formula is C19H19N3O4. The highest BCUT2D eigenvalue weighted by atomic mass is 16.5. The van der Waals surface area contributed by atoms with Crippen LogP contribution in [-0.2, 0) is 4.79 Å². The standard InChI is InChI=1S/C19H19N3O4/c1-24-15-10-12(11-16(25-2)17(15)26-3)9-14-19(23)22-21-18(20-14)13-7-5-4-6-8-13/h4-11H,1-3H3,(H,20,21)(H,22,23)/b14-9-. The van der Waals surface area contributed by atoms with Crippen molar-refractivity contribution in [1.82, 2.24) is 10.9 Å². The van der Waals surface area contributed by atoms with E-state index in [2.05, 4.69) is 15.8 Å². The van der Waals surface area contributed by atoms with E-state index in [4.69, 9.17) is 14.2 Å². The fourth-order valence-electron chi connectivity index (χ4n) is 2.55. The molecule has 26 heavy (non-hydrogen) atoms. The molecule has 1 aliphatic heterocycles. The molecule has 2 aromatic rings. The Morgan fingerprint density at radius 3 is 2.15 bits per heavy atom. The van der Waals surface area contributed by atoms with Crippen LogP contribution in [0.3, 0.4) is 0 Å². The van der Waals surface area contributed by atoms with Crippen LogP contribution in [0.5, 0.6) is 17.2 Å². The smallest absolute Gasteiger partial charge is 0.288 e. The van der Waals surface area contributed by atoms with E-state index in [1.807, 2.05) is 30.3 Å². The predicted molar refractivity (Wildman–Crippen MR) is 98.3 cm³/mol. The highest BCUT2D eigenvalue weighted by Crippen LogP contribution is 2.38. The summed E-state index contributed by atoms with van der Waals surface area (Å²) < 4.78 is 16.0. The molecular weight excluding hydrogens is 334 g/mol. The molecule has 2 aromatic carbocycles. The second-order valence-corrected chi connectivity index (χ2v) is 5.39. The lowest BCUT2D eigenvalue weighted by molar-refractivity contribution is -0.118. The second-order valence-electron chi connectivity index (χ2n) is 5.39. The summed E-state index contributed by atoms with van der Waals surface area (Å²) in [5, 5.41) is 0. The number of aliphatic imine (C=N–C) groups is 1. The lowest BCUT2D eigenvalue weighted by Crippen LogP contribution is -2.46. The van der Waals surface area contributed by atoms with Crippen LogP contribution >= 0.6 is 0 Å². The van der Waals surface area contributed by atoms with Crippen LogP contribution < -0.4 is 25.1 Å². The first-order chi connectivity index (χ1) is 12.7. The van der Waals surface area contributed by atoms with Gasteiger partial charge in [0.05, 0.1) is 21.3 Å².